The van der Waals surface area contributed by atoms with Crippen molar-refractivity contribution < 1.29 is 34.0 Å². The number of nitrogens with two attached hydrogens (primary N) is 1. The van der Waals surface area contributed by atoms with Crippen LogP contribution in [0.2, 0.25) is 0 Å². The number of ether oxygens (including phenoxy) is 3. The molecule has 0 heterocycles. The molecule has 0 aliphatic heterocycles. The van der Waals surface area contributed by atoms with E-state index in [-0.39, 0.29) is 24.5 Å². The molecule has 0 aliphatic carbocycles. The SMILES string of the molecule is CCCOC(=O)OC(C)[C@H](C)OC(=O)[C@@H](N)Cc1ccc(O)c(O)c1. The fourth-order valence-electron chi connectivity index (χ4n) is 1.87. The zero-order chi connectivity index (χ0) is 19.0. The quantitative estimate of drug-likeness (QED) is 0.476. The van der Waals surface area contributed by atoms with Crippen LogP contribution >= 0.6 is 0 Å². The molecular formula is C17H25NO7. The molecule has 1 rings (SSSR count). The summed E-state index contributed by atoms with van der Waals surface area (Å²) in [4.78, 5) is 23.4. The zero-order valence-corrected chi connectivity index (χ0v) is 14.6. The van der Waals surface area contributed by atoms with Gasteiger partial charge in [0.2, 0.25) is 0 Å². The average Bonchev–Trinajstić information content (AvgIpc) is 2.56. The molecule has 0 fully saturated rings. The van der Waals surface area contributed by atoms with E-state index in [2.05, 4.69) is 0 Å². The van der Waals surface area contributed by atoms with Crippen LogP contribution in [-0.4, -0.2) is 47.2 Å². The predicted molar refractivity (Wildman–Crippen MR) is 89.2 cm³/mol. The molecule has 4 N–H and O–H groups in total. The lowest BCUT2D eigenvalue weighted by molar-refractivity contribution is -0.155. The Hall–Kier alpha value is -2.48. The average molecular weight is 355 g/mol. The van der Waals surface area contributed by atoms with E-state index in [9.17, 15) is 19.8 Å². The van der Waals surface area contributed by atoms with Crippen LogP contribution in [-0.2, 0) is 25.4 Å². The van der Waals surface area contributed by atoms with Crippen LogP contribution in [0.1, 0.15) is 32.8 Å². The molecule has 0 aliphatic rings. The van der Waals surface area contributed by atoms with Crippen LogP contribution in [0.15, 0.2) is 18.2 Å². The van der Waals surface area contributed by atoms with Crippen molar-refractivity contribution in [3.05, 3.63) is 23.8 Å². The molecule has 0 amide bonds. The van der Waals surface area contributed by atoms with Gasteiger partial charge in [-0.25, -0.2) is 4.79 Å². The van der Waals surface area contributed by atoms with Gasteiger partial charge in [0.05, 0.1) is 6.61 Å². The monoisotopic (exact) mass is 355 g/mol. The summed E-state index contributed by atoms with van der Waals surface area (Å²) in [5.74, 6) is -1.22. The number of aromatic hydroxyl groups is 2. The Morgan fingerprint density at radius 3 is 2.36 bits per heavy atom. The second kappa shape index (κ2) is 9.73. The molecule has 0 aromatic heterocycles. The number of hydrogen-bond donors (Lipinski definition) is 3. The molecule has 0 spiro atoms. The smallest absolute Gasteiger partial charge is 0.504 e. The maximum Gasteiger partial charge on any atom is 0.508 e. The van der Waals surface area contributed by atoms with E-state index in [4.69, 9.17) is 19.9 Å². The number of phenols is 2. The number of benzene rings is 1. The number of hydrogen-bond acceptors (Lipinski definition) is 8. The largest absolute Gasteiger partial charge is 0.508 e. The lowest BCUT2D eigenvalue weighted by Crippen LogP contribution is -2.39. The molecule has 0 radical (unpaired) electrons. The van der Waals surface area contributed by atoms with E-state index in [0.717, 1.165) is 0 Å². The van der Waals surface area contributed by atoms with E-state index in [0.29, 0.717) is 12.0 Å². The van der Waals surface area contributed by atoms with Crippen molar-refractivity contribution in [2.75, 3.05) is 6.61 Å². The first-order chi connectivity index (χ1) is 11.7. The summed E-state index contributed by atoms with van der Waals surface area (Å²) in [7, 11) is 0. The Bertz CT molecular complexity index is 590. The molecule has 1 aromatic carbocycles. The summed E-state index contributed by atoms with van der Waals surface area (Å²) in [6.45, 7) is 5.27. The van der Waals surface area contributed by atoms with Gasteiger partial charge in [-0.15, -0.1) is 0 Å². The van der Waals surface area contributed by atoms with Gasteiger partial charge in [0.15, 0.2) is 11.5 Å². The van der Waals surface area contributed by atoms with Crippen LogP contribution in [0.4, 0.5) is 4.79 Å². The van der Waals surface area contributed by atoms with Crippen molar-refractivity contribution in [3.8, 4) is 11.5 Å². The van der Waals surface area contributed by atoms with Crippen molar-refractivity contribution in [2.45, 2.75) is 51.9 Å². The summed E-state index contributed by atoms with van der Waals surface area (Å²) < 4.78 is 15.0. The third kappa shape index (κ3) is 6.88. The van der Waals surface area contributed by atoms with Crippen LogP contribution in [0.3, 0.4) is 0 Å². The molecule has 1 aromatic rings. The molecule has 0 saturated carbocycles. The fraction of sp³-hybridized carbons (Fsp3) is 0.529. The Balaban J connectivity index is 2.50. The Morgan fingerprint density at radius 2 is 1.76 bits per heavy atom. The minimum Gasteiger partial charge on any atom is -0.504 e. The van der Waals surface area contributed by atoms with E-state index in [1.165, 1.54) is 12.1 Å². The molecule has 140 valence electrons. The van der Waals surface area contributed by atoms with Crippen molar-refractivity contribution in [1.29, 1.82) is 0 Å². The molecule has 8 nitrogen and oxygen atoms in total. The van der Waals surface area contributed by atoms with Gasteiger partial charge < -0.3 is 30.2 Å². The normalized spacial score (nSPS) is 14.2. The van der Waals surface area contributed by atoms with E-state index in [1.54, 1.807) is 19.9 Å². The van der Waals surface area contributed by atoms with Crippen LogP contribution < -0.4 is 5.73 Å². The lowest BCUT2D eigenvalue weighted by atomic mass is 10.1. The summed E-state index contributed by atoms with van der Waals surface area (Å²) in [5.41, 5.74) is 6.37. The maximum absolute atomic E-state index is 12.0. The van der Waals surface area contributed by atoms with Gasteiger partial charge in [0, 0.05) is 0 Å². The van der Waals surface area contributed by atoms with Crippen molar-refractivity contribution in [2.24, 2.45) is 5.73 Å². The summed E-state index contributed by atoms with van der Waals surface area (Å²) in [6, 6.07) is 3.21. The Labute approximate surface area is 146 Å². The predicted octanol–water partition coefficient (Wildman–Crippen LogP) is 1.85. The third-order valence-corrected chi connectivity index (χ3v) is 3.47. The number of carbonyl (C=O) groups excluding carboxylic acids is 2. The number of phenolic OH excluding ortho intramolecular Hbond substituents is 2. The number of esters is 1. The minimum atomic E-state index is -0.967. The van der Waals surface area contributed by atoms with Gasteiger partial charge >= 0.3 is 12.1 Å². The molecule has 3 atom stereocenters. The number of rotatable bonds is 8. The fourth-order valence-corrected chi connectivity index (χ4v) is 1.87. The first-order valence-electron chi connectivity index (χ1n) is 8.04. The van der Waals surface area contributed by atoms with E-state index in [1.807, 2.05) is 6.92 Å². The van der Waals surface area contributed by atoms with Crippen molar-refractivity contribution in [3.63, 3.8) is 0 Å². The molecular weight excluding hydrogens is 330 g/mol. The summed E-state index contributed by atoms with van der Waals surface area (Å²) in [5, 5.41) is 18.7. The molecule has 1 unspecified atom stereocenters. The first-order valence-corrected chi connectivity index (χ1v) is 8.04. The van der Waals surface area contributed by atoms with Crippen molar-refractivity contribution >= 4 is 12.1 Å². The summed E-state index contributed by atoms with van der Waals surface area (Å²) in [6.07, 6.45) is -1.43. The van der Waals surface area contributed by atoms with Gasteiger partial charge in [0.25, 0.3) is 0 Å². The van der Waals surface area contributed by atoms with Gasteiger partial charge in [-0.3, -0.25) is 4.79 Å². The topological polar surface area (TPSA) is 128 Å². The Morgan fingerprint density at radius 1 is 1.12 bits per heavy atom. The Kier molecular flexibility index (Phi) is 8.00. The lowest BCUT2D eigenvalue weighted by Gasteiger charge is -2.22. The van der Waals surface area contributed by atoms with Gasteiger partial charge in [-0.05, 0) is 44.4 Å². The highest BCUT2D eigenvalue weighted by Gasteiger charge is 2.24. The van der Waals surface area contributed by atoms with Crippen LogP contribution in [0.25, 0.3) is 0 Å². The molecule has 25 heavy (non-hydrogen) atoms. The zero-order valence-electron chi connectivity index (χ0n) is 14.6. The second-order valence-corrected chi connectivity index (χ2v) is 5.70. The second-order valence-electron chi connectivity index (χ2n) is 5.70. The van der Waals surface area contributed by atoms with Gasteiger partial charge in [-0.2, -0.15) is 0 Å². The van der Waals surface area contributed by atoms with Crippen LogP contribution in [0, 0.1) is 0 Å². The standard InChI is InChI=1S/C17H25NO7/c1-4-7-23-17(22)25-11(3)10(2)24-16(21)13(18)8-12-5-6-14(19)15(20)9-12/h5-6,9-11,13,19-20H,4,7-8,18H2,1-3H3/t10-,11?,13-/m0/s1. The first kappa shape index (κ1) is 20.6. The highest BCUT2D eigenvalue weighted by molar-refractivity contribution is 5.76. The maximum atomic E-state index is 12.0. The van der Waals surface area contributed by atoms with E-state index >= 15 is 0 Å². The number of carbonyl (C=O) groups is 2. The summed E-state index contributed by atoms with van der Waals surface area (Å²) >= 11 is 0. The minimum absolute atomic E-state index is 0.118. The molecule has 0 bridgehead atoms. The van der Waals surface area contributed by atoms with Crippen molar-refractivity contribution in [1.82, 2.24) is 0 Å². The highest BCUT2D eigenvalue weighted by Crippen LogP contribution is 2.25. The van der Waals surface area contributed by atoms with E-state index < -0.39 is 30.4 Å². The van der Waals surface area contributed by atoms with Crippen LogP contribution in [0.5, 0.6) is 11.5 Å². The molecule has 8 heteroatoms. The highest BCUT2D eigenvalue weighted by atomic mass is 16.7. The third-order valence-electron chi connectivity index (χ3n) is 3.47. The van der Waals surface area contributed by atoms with Gasteiger partial charge in [0.1, 0.15) is 18.2 Å². The molecule has 0 saturated heterocycles. The van der Waals surface area contributed by atoms with Gasteiger partial charge in [-0.1, -0.05) is 13.0 Å².